The van der Waals surface area contributed by atoms with Crippen molar-refractivity contribution in [2.75, 3.05) is 6.54 Å². The fourth-order valence-corrected chi connectivity index (χ4v) is 6.09. The number of aromatic nitrogens is 1. The van der Waals surface area contributed by atoms with E-state index in [1.165, 1.54) is 60.8 Å². The van der Waals surface area contributed by atoms with Crippen LogP contribution in [0.3, 0.4) is 0 Å². The molecule has 0 radical (unpaired) electrons. The number of hydrogen-bond donors (Lipinski definition) is 0. The van der Waals surface area contributed by atoms with Crippen LogP contribution in [0.25, 0.3) is 11.8 Å². The Hall–Kier alpha value is -1.85. The molecule has 5 heteroatoms. The van der Waals surface area contributed by atoms with Gasteiger partial charge < -0.3 is 4.57 Å². The van der Waals surface area contributed by atoms with Gasteiger partial charge in [-0.1, -0.05) is 69.2 Å². The molecule has 31 heavy (non-hydrogen) atoms. The van der Waals surface area contributed by atoms with Gasteiger partial charge in [0.15, 0.2) is 0 Å². The standard InChI is InChI=1S/C26H32N2OS2/c1-17(2)16-27-25(29)24(31-26(27)30)15-22-14-18(3)28(19(22)4)23-12-10-21(11-13-23)20-8-6-5-7-9-20/h10-15,17,20H,5-9,16H2,1-4H3/b24-15-. The minimum Gasteiger partial charge on any atom is -0.318 e. The Kier molecular flexibility index (Phi) is 6.73. The normalized spacial score (nSPS) is 19.3. The summed E-state index contributed by atoms with van der Waals surface area (Å²) in [5.41, 5.74) is 6.06. The summed E-state index contributed by atoms with van der Waals surface area (Å²) >= 11 is 6.87. The smallest absolute Gasteiger partial charge is 0.266 e. The first-order valence-corrected chi connectivity index (χ1v) is 12.6. The lowest BCUT2D eigenvalue weighted by molar-refractivity contribution is -0.122. The second-order valence-electron chi connectivity index (χ2n) is 9.27. The molecule has 0 unspecified atom stereocenters. The van der Waals surface area contributed by atoms with Gasteiger partial charge in [-0.05, 0) is 73.9 Å². The molecule has 0 atom stereocenters. The Morgan fingerprint density at radius 2 is 1.81 bits per heavy atom. The summed E-state index contributed by atoms with van der Waals surface area (Å²) in [5.74, 6) is 1.15. The van der Waals surface area contributed by atoms with Crippen LogP contribution in [0.2, 0.25) is 0 Å². The van der Waals surface area contributed by atoms with E-state index in [1.807, 2.05) is 6.08 Å². The summed E-state index contributed by atoms with van der Waals surface area (Å²) in [6.07, 6.45) is 8.74. The second kappa shape index (κ2) is 9.33. The van der Waals surface area contributed by atoms with Crippen molar-refractivity contribution in [3.05, 3.63) is 57.8 Å². The van der Waals surface area contributed by atoms with E-state index in [9.17, 15) is 4.79 Å². The van der Waals surface area contributed by atoms with E-state index in [1.54, 1.807) is 4.90 Å². The molecular weight excluding hydrogens is 420 g/mol. The van der Waals surface area contributed by atoms with Crippen molar-refractivity contribution in [3.8, 4) is 5.69 Å². The number of benzene rings is 1. The third-order valence-corrected chi connectivity index (χ3v) is 7.78. The summed E-state index contributed by atoms with van der Waals surface area (Å²) in [6.45, 7) is 9.14. The van der Waals surface area contributed by atoms with Gasteiger partial charge in [-0.15, -0.1) is 0 Å². The third-order valence-electron chi connectivity index (χ3n) is 6.41. The fourth-order valence-electron chi connectivity index (χ4n) is 4.83. The van der Waals surface area contributed by atoms with Crippen LogP contribution >= 0.6 is 24.0 Å². The largest absolute Gasteiger partial charge is 0.318 e. The van der Waals surface area contributed by atoms with Crippen molar-refractivity contribution in [2.24, 2.45) is 5.92 Å². The molecule has 1 amide bonds. The predicted octanol–water partition coefficient (Wildman–Crippen LogP) is 7.00. The Bertz CT molecular complexity index is 1010. The van der Waals surface area contributed by atoms with Crippen LogP contribution in [0.1, 0.15) is 74.4 Å². The van der Waals surface area contributed by atoms with Gasteiger partial charge in [0.05, 0.1) is 4.91 Å². The van der Waals surface area contributed by atoms with Crippen LogP contribution < -0.4 is 0 Å². The average molecular weight is 453 g/mol. The first-order valence-electron chi connectivity index (χ1n) is 11.4. The number of aryl methyl sites for hydroxylation is 1. The van der Waals surface area contributed by atoms with Crippen molar-refractivity contribution in [1.29, 1.82) is 0 Å². The molecule has 3 nitrogen and oxygen atoms in total. The molecule has 2 aliphatic rings. The number of rotatable bonds is 5. The summed E-state index contributed by atoms with van der Waals surface area (Å²) < 4.78 is 2.95. The highest BCUT2D eigenvalue weighted by Crippen LogP contribution is 2.35. The highest BCUT2D eigenvalue weighted by atomic mass is 32.2. The molecule has 1 saturated carbocycles. The lowest BCUT2D eigenvalue weighted by Crippen LogP contribution is -2.31. The van der Waals surface area contributed by atoms with Crippen LogP contribution in [0, 0.1) is 19.8 Å². The van der Waals surface area contributed by atoms with Crippen LogP contribution in [-0.4, -0.2) is 26.2 Å². The number of carbonyl (C=O) groups excluding carboxylic acids is 1. The molecule has 1 saturated heterocycles. The van der Waals surface area contributed by atoms with Gasteiger partial charge in [0, 0.05) is 23.6 Å². The number of thiocarbonyl (C=S) groups is 1. The number of carbonyl (C=O) groups is 1. The van der Waals surface area contributed by atoms with E-state index in [0.717, 1.165) is 22.1 Å². The maximum absolute atomic E-state index is 12.9. The zero-order valence-electron chi connectivity index (χ0n) is 19.0. The topological polar surface area (TPSA) is 25.2 Å². The molecule has 1 aromatic carbocycles. The lowest BCUT2D eigenvalue weighted by atomic mass is 9.84. The molecule has 2 fully saturated rings. The van der Waals surface area contributed by atoms with Gasteiger partial charge in [-0.3, -0.25) is 9.69 Å². The van der Waals surface area contributed by atoms with Crippen LogP contribution in [0.4, 0.5) is 0 Å². The molecule has 1 aliphatic carbocycles. The van der Waals surface area contributed by atoms with Gasteiger partial charge in [-0.2, -0.15) is 0 Å². The number of hydrogen-bond acceptors (Lipinski definition) is 3. The van der Waals surface area contributed by atoms with Crippen LogP contribution in [0.5, 0.6) is 0 Å². The first kappa shape index (κ1) is 22.3. The van der Waals surface area contributed by atoms with E-state index < -0.39 is 0 Å². The third kappa shape index (κ3) is 4.68. The maximum atomic E-state index is 12.9. The molecular formula is C26H32N2OS2. The number of nitrogens with zero attached hydrogens (tertiary/aromatic N) is 2. The highest BCUT2D eigenvalue weighted by Gasteiger charge is 2.32. The van der Waals surface area contributed by atoms with Gasteiger partial charge in [0.25, 0.3) is 5.91 Å². The highest BCUT2D eigenvalue weighted by molar-refractivity contribution is 8.26. The van der Waals surface area contributed by atoms with Crippen molar-refractivity contribution < 1.29 is 4.79 Å². The molecule has 0 spiro atoms. The SMILES string of the molecule is Cc1cc(/C=C2\SC(=S)N(CC(C)C)C2=O)c(C)n1-c1ccc(C2CCCCC2)cc1. The zero-order chi connectivity index (χ0) is 22.1. The monoisotopic (exact) mass is 452 g/mol. The summed E-state index contributed by atoms with van der Waals surface area (Å²) in [4.78, 5) is 15.3. The number of amides is 1. The quantitative estimate of drug-likeness (QED) is 0.361. The van der Waals surface area contributed by atoms with Crippen molar-refractivity contribution in [2.45, 2.75) is 65.7 Å². The molecule has 0 N–H and O–H groups in total. The minimum atomic E-state index is 0.0327. The van der Waals surface area contributed by atoms with Crippen molar-refractivity contribution in [1.82, 2.24) is 9.47 Å². The van der Waals surface area contributed by atoms with Crippen molar-refractivity contribution >= 4 is 40.3 Å². The average Bonchev–Trinajstić information content (AvgIpc) is 3.18. The van der Waals surface area contributed by atoms with Crippen LogP contribution in [0.15, 0.2) is 35.2 Å². The second-order valence-corrected chi connectivity index (χ2v) is 11.0. The maximum Gasteiger partial charge on any atom is 0.266 e. The Morgan fingerprint density at radius 1 is 1.13 bits per heavy atom. The zero-order valence-corrected chi connectivity index (χ0v) is 20.6. The summed E-state index contributed by atoms with van der Waals surface area (Å²) in [7, 11) is 0. The van der Waals surface area contributed by atoms with E-state index in [-0.39, 0.29) is 5.91 Å². The van der Waals surface area contributed by atoms with Gasteiger partial charge in [0.2, 0.25) is 0 Å². The molecule has 2 aromatic rings. The molecule has 4 rings (SSSR count). The van der Waals surface area contributed by atoms with E-state index in [0.29, 0.717) is 16.8 Å². The molecule has 1 aliphatic heterocycles. The molecule has 1 aromatic heterocycles. The van der Waals surface area contributed by atoms with E-state index in [2.05, 4.69) is 62.6 Å². The Morgan fingerprint density at radius 3 is 2.45 bits per heavy atom. The van der Waals surface area contributed by atoms with Gasteiger partial charge >= 0.3 is 0 Å². The summed E-state index contributed by atoms with van der Waals surface area (Å²) in [5, 5.41) is 0. The number of thioether (sulfide) groups is 1. The summed E-state index contributed by atoms with van der Waals surface area (Å²) in [6, 6.07) is 11.3. The molecule has 2 heterocycles. The Balaban J connectivity index is 1.59. The predicted molar refractivity (Wildman–Crippen MR) is 136 cm³/mol. The van der Waals surface area contributed by atoms with E-state index >= 15 is 0 Å². The first-order chi connectivity index (χ1) is 14.8. The fraction of sp³-hybridized carbons (Fsp3) is 0.462. The lowest BCUT2D eigenvalue weighted by Gasteiger charge is -2.22. The van der Waals surface area contributed by atoms with Gasteiger partial charge in [0.1, 0.15) is 4.32 Å². The molecule has 164 valence electrons. The van der Waals surface area contributed by atoms with Crippen molar-refractivity contribution in [3.63, 3.8) is 0 Å². The molecule has 0 bridgehead atoms. The van der Waals surface area contributed by atoms with Crippen LogP contribution in [-0.2, 0) is 4.79 Å². The Labute approximate surface area is 195 Å². The van der Waals surface area contributed by atoms with E-state index in [4.69, 9.17) is 12.2 Å². The minimum absolute atomic E-state index is 0.0327. The van der Waals surface area contributed by atoms with Gasteiger partial charge in [-0.25, -0.2) is 0 Å².